The van der Waals surface area contributed by atoms with Crippen molar-refractivity contribution in [2.45, 2.75) is 23.8 Å². The summed E-state index contributed by atoms with van der Waals surface area (Å²) >= 11 is 11.7. The molecule has 1 unspecified atom stereocenters. The molecule has 1 heterocycles. The second-order valence-corrected chi connectivity index (χ2v) is 7.17. The lowest BCUT2D eigenvalue weighted by molar-refractivity contribution is 0.311. The highest BCUT2D eigenvalue weighted by Crippen LogP contribution is 2.29. The Labute approximate surface area is 126 Å². The van der Waals surface area contributed by atoms with E-state index in [4.69, 9.17) is 34.1 Å². The van der Waals surface area contributed by atoms with Crippen molar-refractivity contribution < 1.29 is 13.6 Å². The molecule has 0 radical (unpaired) electrons. The highest BCUT2D eigenvalue weighted by molar-refractivity contribution is 7.89. The van der Waals surface area contributed by atoms with E-state index in [-0.39, 0.29) is 20.8 Å². The molecule has 0 aliphatic carbocycles. The van der Waals surface area contributed by atoms with E-state index in [9.17, 15) is 8.42 Å². The minimum Gasteiger partial charge on any atom is -0.409 e. The minimum absolute atomic E-state index is 0.00682. The largest absolute Gasteiger partial charge is 0.409 e. The van der Waals surface area contributed by atoms with Gasteiger partial charge in [-0.15, -0.1) is 0 Å². The number of halogens is 2. The van der Waals surface area contributed by atoms with Crippen LogP contribution in [0, 0.1) is 0 Å². The van der Waals surface area contributed by atoms with E-state index in [1.807, 2.05) is 0 Å². The van der Waals surface area contributed by atoms with Crippen LogP contribution in [0.15, 0.2) is 28.3 Å². The first-order valence-corrected chi connectivity index (χ1v) is 8.01. The van der Waals surface area contributed by atoms with Crippen molar-refractivity contribution in [3.63, 3.8) is 0 Å². The Morgan fingerprint density at radius 3 is 2.50 bits per heavy atom. The first-order valence-electron chi connectivity index (χ1n) is 5.81. The molecule has 1 aliphatic rings. The van der Waals surface area contributed by atoms with Crippen molar-refractivity contribution in [2.75, 3.05) is 6.54 Å². The second-order valence-electron chi connectivity index (χ2n) is 4.40. The van der Waals surface area contributed by atoms with Gasteiger partial charge in [0.2, 0.25) is 10.0 Å². The van der Waals surface area contributed by atoms with Crippen molar-refractivity contribution in [3.8, 4) is 0 Å². The molecule has 0 amide bonds. The van der Waals surface area contributed by atoms with E-state index in [0.29, 0.717) is 19.4 Å². The number of sulfonamides is 1. The molecule has 0 spiro atoms. The molecule has 6 nitrogen and oxygen atoms in total. The molecule has 3 N–H and O–H groups in total. The Morgan fingerprint density at radius 1 is 1.35 bits per heavy atom. The number of nitrogens with zero attached hydrogens (tertiary/aromatic N) is 2. The number of amidine groups is 1. The first kappa shape index (κ1) is 15.4. The highest BCUT2D eigenvalue weighted by Gasteiger charge is 2.37. The Kier molecular flexibility index (Phi) is 4.43. The van der Waals surface area contributed by atoms with E-state index in [1.165, 1.54) is 22.5 Å². The highest BCUT2D eigenvalue weighted by atomic mass is 35.5. The SMILES string of the molecule is NC(=NO)C1CCCN1S(=O)(=O)c1cc(Cl)cc(Cl)c1. The minimum atomic E-state index is -3.80. The molecule has 0 bridgehead atoms. The number of oxime groups is 1. The van der Waals surface area contributed by atoms with Crippen LogP contribution in [0.25, 0.3) is 0 Å². The van der Waals surface area contributed by atoms with Crippen LogP contribution in [-0.4, -0.2) is 36.4 Å². The lowest BCUT2D eigenvalue weighted by atomic mass is 10.2. The molecule has 0 saturated carbocycles. The van der Waals surface area contributed by atoms with Gasteiger partial charge in [0, 0.05) is 16.6 Å². The lowest BCUT2D eigenvalue weighted by Gasteiger charge is -2.23. The van der Waals surface area contributed by atoms with Gasteiger partial charge in [0.25, 0.3) is 0 Å². The zero-order chi connectivity index (χ0) is 14.9. The second kappa shape index (κ2) is 5.77. The standard InChI is InChI=1S/C11H13Cl2N3O3S/c12-7-4-8(13)6-9(5-7)20(18,19)16-3-1-2-10(16)11(14)15-17/h4-6,10,17H,1-3H2,(H2,14,15). The van der Waals surface area contributed by atoms with E-state index >= 15 is 0 Å². The number of nitrogens with two attached hydrogens (primary N) is 1. The fourth-order valence-electron chi connectivity index (χ4n) is 2.20. The van der Waals surface area contributed by atoms with Gasteiger partial charge in [0.1, 0.15) is 0 Å². The van der Waals surface area contributed by atoms with Crippen LogP contribution in [0.1, 0.15) is 12.8 Å². The van der Waals surface area contributed by atoms with Crippen molar-refractivity contribution in [1.82, 2.24) is 4.31 Å². The summed E-state index contributed by atoms with van der Waals surface area (Å²) in [6.45, 7) is 0.299. The molecule has 2 rings (SSSR count). The van der Waals surface area contributed by atoms with Crippen LogP contribution in [0.3, 0.4) is 0 Å². The van der Waals surface area contributed by atoms with Gasteiger partial charge in [0.15, 0.2) is 5.84 Å². The summed E-state index contributed by atoms with van der Waals surface area (Å²) in [6.07, 6.45) is 1.14. The zero-order valence-electron chi connectivity index (χ0n) is 10.3. The molecule has 1 aliphatic heterocycles. The van der Waals surface area contributed by atoms with Gasteiger partial charge < -0.3 is 10.9 Å². The first-order chi connectivity index (χ1) is 9.36. The molecule has 9 heteroatoms. The summed E-state index contributed by atoms with van der Waals surface area (Å²) < 4.78 is 26.4. The Morgan fingerprint density at radius 2 is 1.95 bits per heavy atom. The van der Waals surface area contributed by atoms with Crippen molar-refractivity contribution in [1.29, 1.82) is 0 Å². The molecule has 0 aromatic heterocycles. The van der Waals surface area contributed by atoms with Gasteiger partial charge in [0.05, 0.1) is 10.9 Å². The van der Waals surface area contributed by atoms with Crippen molar-refractivity contribution in [2.24, 2.45) is 10.9 Å². The van der Waals surface area contributed by atoms with Crippen LogP contribution in [0.4, 0.5) is 0 Å². The topological polar surface area (TPSA) is 96.0 Å². The lowest BCUT2D eigenvalue weighted by Crippen LogP contribution is -2.43. The Balaban J connectivity index is 2.44. The predicted octanol–water partition coefficient (Wildman–Crippen LogP) is 1.89. The molecule has 1 saturated heterocycles. The summed E-state index contributed by atoms with van der Waals surface area (Å²) in [5, 5.41) is 12.1. The fourth-order valence-corrected chi connectivity index (χ4v) is 4.60. The van der Waals surface area contributed by atoms with Crippen LogP contribution in [0.2, 0.25) is 10.0 Å². The summed E-state index contributed by atoms with van der Waals surface area (Å²) in [7, 11) is -3.80. The Bertz CT molecular complexity index is 628. The molecule has 1 aromatic carbocycles. The molecule has 20 heavy (non-hydrogen) atoms. The predicted molar refractivity (Wildman–Crippen MR) is 76.8 cm³/mol. The van der Waals surface area contributed by atoms with Crippen molar-refractivity contribution >= 4 is 39.1 Å². The average Bonchev–Trinajstić information content (AvgIpc) is 2.86. The Hall–Kier alpha value is -1.02. The molecule has 1 atom stereocenters. The smallest absolute Gasteiger partial charge is 0.243 e. The monoisotopic (exact) mass is 337 g/mol. The maximum absolute atomic E-state index is 12.6. The number of benzene rings is 1. The molecular weight excluding hydrogens is 325 g/mol. The van der Waals surface area contributed by atoms with Crippen LogP contribution in [0.5, 0.6) is 0 Å². The van der Waals surface area contributed by atoms with Gasteiger partial charge in [-0.25, -0.2) is 8.42 Å². The molecule has 1 fully saturated rings. The summed E-state index contributed by atoms with van der Waals surface area (Å²) in [5.74, 6) is -0.126. The third kappa shape index (κ3) is 2.85. The van der Waals surface area contributed by atoms with E-state index < -0.39 is 16.1 Å². The van der Waals surface area contributed by atoms with Gasteiger partial charge in [-0.05, 0) is 31.0 Å². The van der Waals surface area contributed by atoms with Gasteiger partial charge in [-0.2, -0.15) is 4.31 Å². The molecule has 110 valence electrons. The fraction of sp³-hybridized carbons (Fsp3) is 0.364. The normalized spacial score (nSPS) is 21.3. The average molecular weight is 338 g/mol. The summed E-state index contributed by atoms with van der Waals surface area (Å²) in [4.78, 5) is -0.00682. The summed E-state index contributed by atoms with van der Waals surface area (Å²) in [5.41, 5.74) is 5.54. The quantitative estimate of drug-likeness (QED) is 0.381. The van der Waals surface area contributed by atoms with Crippen molar-refractivity contribution in [3.05, 3.63) is 28.2 Å². The molecular formula is C11H13Cl2N3O3S. The molecule has 1 aromatic rings. The van der Waals surface area contributed by atoms with Crippen LogP contribution in [-0.2, 0) is 10.0 Å². The third-order valence-electron chi connectivity index (χ3n) is 3.10. The van der Waals surface area contributed by atoms with Gasteiger partial charge in [-0.1, -0.05) is 28.4 Å². The number of rotatable bonds is 3. The van der Waals surface area contributed by atoms with E-state index in [2.05, 4.69) is 5.16 Å². The van der Waals surface area contributed by atoms with E-state index in [0.717, 1.165) is 0 Å². The zero-order valence-corrected chi connectivity index (χ0v) is 12.7. The maximum atomic E-state index is 12.6. The van der Waals surface area contributed by atoms with Crippen LogP contribution < -0.4 is 5.73 Å². The summed E-state index contributed by atoms with van der Waals surface area (Å²) in [6, 6.07) is 3.45. The third-order valence-corrected chi connectivity index (χ3v) is 5.43. The number of hydrogen-bond donors (Lipinski definition) is 2. The van der Waals surface area contributed by atoms with Crippen LogP contribution >= 0.6 is 23.2 Å². The van der Waals surface area contributed by atoms with Gasteiger partial charge >= 0.3 is 0 Å². The van der Waals surface area contributed by atoms with E-state index in [1.54, 1.807) is 0 Å². The maximum Gasteiger partial charge on any atom is 0.243 e. The number of hydrogen-bond acceptors (Lipinski definition) is 4. The van der Waals surface area contributed by atoms with Gasteiger partial charge in [-0.3, -0.25) is 0 Å².